The first-order valence-electron chi connectivity index (χ1n) is 11.6. The molecule has 1 aromatic heterocycles. The van der Waals surface area contributed by atoms with Gasteiger partial charge in [0, 0.05) is 25.2 Å². The van der Waals surface area contributed by atoms with Crippen LogP contribution in [0.5, 0.6) is 11.5 Å². The number of hydrogen-bond donors (Lipinski definition) is 1. The summed E-state index contributed by atoms with van der Waals surface area (Å²) in [6.07, 6.45) is 1.78. The number of rotatable bonds is 7. The summed E-state index contributed by atoms with van der Waals surface area (Å²) in [5.74, 6) is 1.21. The summed E-state index contributed by atoms with van der Waals surface area (Å²) in [7, 11) is -3.54. The number of carbonyl (C=O) groups is 1. The Hall–Kier alpha value is -3.37. The Morgan fingerprint density at radius 3 is 2.43 bits per heavy atom. The van der Waals surface area contributed by atoms with Crippen molar-refractivity contribution in [2.75, 3.05) is 19.9 Å². The fraction of sp³-hybridized carbons (Fsp3) is 0.360. The first-order chi connectivity index (χ1) is 16.8. The number of aromatic nitrogens is 2. The van der Waals surface area contributed by atoms with Crippen LogP contribution in [0.4, 0.5) is 0 Å². The molecule has 0 unspecified atom stereocenters. The van der Waals surface area contributed by atoms with Crippen molar-refractivity contribution in [2.24, 2.45) is 0 Å². The zero-order valence-corrected chi connectivity index (χ0v) is 20.6. The molecule has 0 aliphatic carbocycles. The normalized spacial score (nSPS) is 15.5. The van der Waals surface area contributed by atoms with Crippen molar-refractivity contribution < 1.29 is 22.7 Å². The number of ether oxygens (including phenoxy) is 2. The molecular formula is C25H28N4O5S. The molecule has 0 radical (unpaired) electrons. The highest BCUT2D eigenvalue weighted by Crippen LogP contribution is 2.32. The van der Waals surface area contributed by atoms with Crippen LogP contribution in [0.15, 0.2) is 47.4 Å². The summed E-state index contributed by atoms with van der Waals surface area (Å²) >= 11 is 0. The molecule has 1 fully saturated rings. The third-order valence-electron chi connectivity index (χ3n) is 6.42. The van der Waals surface area contributed by atoms with Crippen LogP contribution in [0, 0.1) is 13.8 Å². The summed E-state index contributed by atoms with van der Waals surface area (Å²) < 4.78 is 40.1. The lowest BCUT2D eigenvalue weighted by atomic mass is 10.1. The van der Waals surface area contributed by atoms with E-state index in [2.05, 4.69) is 10.4 Å². The van der Waals surface area contributed by atoms with Crippen molar-refractivity contribution in [3.05, 3.63) is 70.5 Å². The van der Waals surface area contributed by atoms with Gasteiger partial charge < -0.3 is 14.8 Å². The van der Waals surface area contributed by atoms with Crippen molar-refractivity contribution in [1.82, 2.24) is 19.4 Å². The van der Waals surface area contributed by atoms with Gasteiger partial charge in [-0.3, -0.25) is 9.48 Å². The molecule has 9 nitrogen and oxygen atoms in total. The first kappa shape index (κ1) is 23.4. The minimum atomic E-state index is -3.54. The molecule has 2 aromatic carbocycles. The monoisotopic (exact) mass is 496 g/mol. The molecule has 1 N–H and O–H groups in total. The summed E-state index contributed by atoms with van der Waals surface area (Å²) in [5.41, 5.74) is 3.52. The molecule has 184 valence electrons. The van der Waals surface area contributed by atoms with Crippen LogP contribution in [0.3, 0.4) is 0 Å². The summed E-state index contributed by atoms with van der Waals surface area (Å²) in [6, 6.07) is 12.8. The molecule has 1 amide bonds. The zero-order chi connectivity index (χ0) is 24.6. The number of hydrogen-bond acceptors (Lipinski definition) is 6. The fourth-order valence-corrected chi connectivity index (χ4v) is 6.43. The third-order valence-corrected chi connectivity index (χ3v) is 8.57. The van der Waals surface area contributed by atoms with Crippen LogP contribution in [-0.2, 0) is 23.1 Å². The average molecular weight is 497 g/mol. The lowest BCUT2D eigenvalue weighted by molar-refractivity contribution is 0.0950. The molecule has 1 saturated heterocycles. The van der Waals surface area contributed by atoms with Crippen LogP contribution in [0.25, 0.3) is 0 Å². The van der Waals surface area contributed by atoms with E-state index in [9.17, 15) is 13.2 Å². The van der Waals surface area contributed by atoms with E-state index < -0.39 is 10.0 Å². The number of carbonyl (C=O) groups excluding carboxylic acids is 1. The van der Waals surface area contributed by atoms with E-state index in [0.717, 1.165) is 24.0 Å². The van der Waals surface area contributed by atoms with Gasteiger partial charge in [-0.05, 0) is 62.1 Å². The molecule has 0 spiro atoms. The SMILES string of the molecule is Cc1nn(Cc2ccc(C(=O)NCc3ccc4c(c3)OCO4)cc2)c(C)c1S(=O)(=O)N1CCCC1. The van der Waals surface area contributed by atoms with Crippen LogP contribution in [0.1, 0.15) is 45.7 Å². The summed E-state index contributed by atoms with van der Waals surface area (Å²) in [6.45, 7) is 5.65. The van der Waals surface area contributed by atoms with Gasteiger partial charge in [-0.15, -0.1) is 0 Å². The predicted molar refractivity (Wildman–Crippen MR) is 129 cm³/mol. The van der Waals surface area contributed by atoms with Gasteiger partial charge in [-0.25, -0.2) is 8.42 Å². The van der Waals surface area contributed by atoms with Gasteiger partial charge in [-0.1, -0.05) is 18.2 Å². The van der Waals surface area contributed by atoms with Gasteiger partial charge >= 0.3 is 0 Å². The van der Waals surface area contributed by atoms with Gasteiger partial charge in [0.15, 0.2) is 11.5 Å². The number of amides is 1. The second kappa shape index (κ2) is 9.35. The van der Waals surface area contributed by atoms with Crippen molar-refractivity contribution in [1.29, 1.82) is 0 Å². The van der Waals surface area contributed by atoms with Crippen molar-refractivity contribution in [2.45, 2.75) is 44.7 Å². The fourth-order valence-electron chi connectivity index (χ4n) is 4.54. The molecule has 5 rings (SSSR count). The third kappa shape index (κ3) is 4.63. The molecule has 0 saturated carbocycles. The first-order valence-corrected chi connectivity index (χ1v) is 13.1. The summed E-state index contributed by atoms with van der Waals surface area (Å²) in [4.78, 5) is 12.9. The van der Waals surface area contributed by atoms with Crippen LogP contribution in [0.2, 0.25) is 0 Å². The van der Waals surface area contributed by atoms with Gasteiger partial charge in [-0.2, -0.15) is 9.40 Å². The molecule has 2 aliphatic heterocycles. The van der Waals surface area contributed by atoms with Crippen molar-refractivity contribution in [3.63, 3.8) is 0 Å². The van der Waals surface area contributed by atoms with E-state index in [1.807, 2.05) is 30.3 Å². The largest absolute Gasteiger partial charge is 0.454 e. The Balaban J connectivity index is 1.24. The van der Waals surface area contributed by atoms with Gasteiger partial charge in [0.2, 0.25) is 16.8 Å². The number of aryl methyl sites for hydroxylation is 1. The van der Waals surface area contributed by atoms with E-state index in [0.29, 0.717) is 59.5 Å². The minimum Gasteiger partial charge on any atom is -0.454 e. The molecule has 0 bridgehead atoms. The van der Waals surface area contributed by atoms with Crippen LogP contribution >= 0.6 is 0 Å². The molecule has 3 aromatic rings. The number of benzene rings is 2. The maximum absolute atomic E-state index is 13.1. The molecule has 35 heavy (non-hydrogen) atoms. The van der Waals surface area contributed by atoms with E-state index in [-0.39, 0.29) is 12.7 Å². The van der Waals surface area contributed by atoms with Crippen molar-refractivity contribution >= 4 is 15.9 Å². The lowest BCUT2D eigenvalue weighted by Gasteiger charge is -2.15. The van der Waals surface area contributed by atoms with Gasteiger partial charge in [0.1, 0.15) is 4.90 Å². The van der Waals surface area contributed by atoms with Crippen LogP contribution < -0.4 is 14.8 Å². The highest BCUT2D eigenvalue weighted by Gasteiger charge is 2.32. The highest BCUT2D eigenvalue weighted by molar-refractivity contribution is 7.89. The minimum absolute atomic E-state index is 0.181. The number of sulfonamides is 1. The topological polar surface area (TPSA) is 103 Å². The average Bonchev–Trinajstić information content (AvgIpc) is 3.59. The summed E-state index contributed by atoms with van der Waals surface area (Å²) in [5, 5.41) is 7.42. The number of nitrogens with one attached hydrogen (secondary N) is 1. The van der Waals surface area contributed by atoms with Crippen LogP contribution in [-0.4, -0.2) is 48.3 Å². The number of nitrogens with zero attached hydrogens (tertiary/aromatic N) is 3. The van der Waals surface area contributed by atoms with E-state index in [1.165, 1.54) is 0 Å². The van der Waals surface area contributed by atoms with E-state index in [1.54, 1.807) is 35.0 Å². The Morgan fingerprint density at radius 2 is 1.69 bits per heavy atom. The Kier molecular flexibility index (Phi) is 6.24. The second-order valence-electron chi connectivity index (χ2n) is 8.84. The standard InChI is InChI=1S/C25H28N4O5S/c1-17-24(35(31,32)28-11-3-4-12-28)18(2)29(27-17)15-19-5-8-21(9-6-19)25(30)26-14-20-7-10-22-23(13-20)34-16-33-22/h5-10,13H,3-4,11-12,14-16H2,1-2H3,(H,26,30). The lowest BCUT2D eigenvalue weighted by Crippen LogP contribution is -2.28. The van der Waals surface area contributed by atoms with Gasteiger partial charge in [0.25, 0.3) is 5.91 Å². The van der Waals surface area contributed by atoms with Crippen molar-refractivity contribution in [3.8, 4) is 11.5 Å². The molecule has 2 aliphatic rings. The number of fused-ring (bicyclic) bond motifs is 1. The maximum atomic E-state index is 13.1. The zero-order valence-electron chi connectivity index (χ0n) is 19.8. The Morgan fingerprint density at radius 1 is 1.00 bits per heavy atom. The quantitative estimate of drug-likeness (QED) is 0.540. The molecular weight excluding hydrogens is 468 g/mol. The Bertz CT molecular complexity index is 1360. The Labute approximate surface area is 204 Å². The molecule has 0 atom stereocenters. The van der Waals surface area contributed by atoms with E-state index >= 15 is 0 Å². The maximum Gasteiger partial charge on any atom is 0.251 e. The molecule has 3 heterocycles. The predicted octanol–water partition coefficient (Wildman–Crippen LogP) is 2.99. The molecule has 10 heteroatoms. The highest BCUT2D eigenvalue weighted by atomic mass is 32.2. The second-order valence-corrected chi connectivity index (χ2v) is 10.7. The van der Waals surface area contributed by atoms with Gasteiger partial charge in [0.05, 0.1) is 17.9 Å². The van der Waals surface area contributed by atoms with E-state index in [4.69, 9.17) is 9.47 Å². The smallest absolute Gasteiger partial charge is 0.251 e.